The number of hydrogen-bond donors (Lipinski definition) is 1. The third-order valence-electron chi connectivity index (χ3n) is 5.32. The van der Waals surface area contributed by atoms with E-state index in [2.05, 4.69) is 24.4 Å². The predicted octanol–water partition coefficient (Wildman–Crippen LogP) is 2.63. The van der Waals surface area contributed by atoms with Gasteiger partial charge in [0.05, 0.1) is 11.8 Å². The highest BCUT2D eigenvalue weighted by Gasteiger charge is 2.49. The summed E-state index contributed by atoms with van der Waals surface area (Å²) in [5, 5.41) is 3.00. The Labute approximate surface area is 144 Å². The van der Waals surface area contributed by atoms with Crippen LogP contribution in [0.5, 0.6) is 0 Å². The maximum atomic E-state index is 12.4. The van der Waals surface area contributed by atoms with Gasteiger partial charge in [-0.1, -0.05) is 37.3 Å². The molecule has 2 unspecified atom stereocenters. The van der Waals surface area contributed by atoms with E-state index in [1.165, 1.54) is 5.56 Å². The lowest BCUT2D eigenvalue weighted by molar-refractivity contribution is -0.135. The molecule has 0 aromatic heterocycles. The van der Waals surface area contributed by atoms with Gasteiger partial charge in [0.1, 0.15) is 0 Å². The topological polar surface area (TPSA) is 49.4 Å². The highest BCUT2D eigenvalue weighted by Crippen LogP contribution is 2.40. The average molecular weight is 328 g/mol. The van der Waals surface area contributed by atoms with E-state index in [4.69, 9.17) is 0 Å². The highest BCUT2D eigenvalue weighted by molar-refractivity contribution is 5.92. The second kappa shape index (κ2) is 7.82. The van der Waals surface area contributed by atoms with Gasteiger partial charge in [0.15, 0.2) is 0 Å². The molecule has 2 amide bonds. The van der Waals surface area contributed by atoms with Gasteiger partial charge < -0.3 is 10.2 Å². The molecule has 0 radical (unpaired) electrons. The summed E-state index contributed by atoms with van der Waals surface area (Å²) < 4.78 is 0. The molecule has 24 heavy (non-hydrogen) atoms. The molecule has 1 N–H and O–H groups in total. The summed E-state index contributed by atoms with van der Waals surface area (Å²) in [5.41, 5.74) is 1.30. The van der Waals surface area contributed by atoms with Crippen molar-refractivity contribution in [1.29, 1.82) is 0 Å². The van der Waals surface area contributed by atoms with Crippen LogP contribution in [0.4, 0.5) is 0 Å². The fraction of sp³-hybridized carbons (Fsp3) is 0.600. The Hall–Kier alpha value is -1.84. The van der Waals surface area contributed by atoms with E-state index >= 15 is 0 Å². The summed E-state index contributed by atoms with van der Waals surface area (Å²) in [6.07, 6.45) is 4.82. The van der Waals surface area contributed by atoms with Gasteiger partial charge in [-0.25, -0.2) is 0 Å². The molecule has 130 valence electrons. The first-order valence-corrected chi connectivity index (χ1v) is 9.25. The van der Waals surface area contributed by atoms with Gasteiger partial charge >= 0.3 is 0 Å². The lowest BCUT2D eigenvalue weighted by atomic mass is 9.99. The van der Waals surface area contributed by atoms with Crippen molar-refractivity contribution < 1.29 is 9.59 Å². The smallest absolute Gasteiger partial charge is 0.226 e. The number of likely N-dealkylation sites (tertiary alicyclic amines) is 1. The van der Waals surface area contributed by atoms with E-state index in [9.17, 15) is 9.59 Å². The minimum Gasteiger partial charge on any atom is -0.356 e. The Morgan fingerprint density at radius 2 is 1.83 bits per heavy atom. The van der Waals surface area contributed by atoms with Crippen LogP contribution in [0.3, 0.4) is 0 Å². The van der Waals surface area contributed by atoms with Crippen molar-refractivity contribution in [3.05, 3.63) is 35.9 Å². The van der Waals surface area contributed by atoms with E-state index in [1.807, 2.05) is 23.1 Å². The van der Waals surface area contributed by atoms with Crippen LogP contribution in [0.1, 0.15) is 38.2 Å². The quantitative estimate of drug-likeness (QED) is 0.816. The normalized spacial score (nSPS) is 23.8. The van der Waals surface area contributed by atoms with Crippen molar-refractivity contribution >= 4 is 11.8 Å². The Bertz CT molecular complexity index is 564. The second-order valence-electron chi connectivity index (χ2n) is 7.34. The van der Waals surface area contributed by atoms with Crippen LogP contribution in [0.15, 0.2) is 30.3 Å². The van der Waals surface area contributed by atoms with Gasteiger partial charge in [-0.15, -0.1) is 0 Å². The summed E-state index contributed by atoms with van der Waals surface area (Å²) in [6, 6.07) is 10.3. The number of carbonyl (C=O) groups is 2. The number of aryl methyl sites for hydroxylation is 1. The van der Waals surface area contributed by atoms with Crippen molar-refractivity contribution in [2.45, 2.75) is 39.0 Å². The highest BCUT2D eigenvalue weighted by atomic mass is 16.2. The Kier molecular flexibility index (Phi) is 5.54. The lowest BCUT2D eigenvalue weighted by Gasteiger charge is -2.30. The molecule has 1 heterocycles. The maximum Gasteiger partial charge on any atom is 0.226 e. The fourth-order valence-electron chi connectivity index (χ4n) is 3.50. The molecule has 4 heteroatoms. The molecule has 1 saturated heterocycles. The Balaban J connectivity index is 1.34. The maximum absolute atomic E-state index is 12.4. The average Bonchev–Trinajstić information content (AvgIpc) is 3.40. The fourth-order valence-corrected chi connectivity index (χ4v) is 3.50. The van der Waals surface area contributed by atoms with Gasteiger partial charge in [0.25, 0.3) is 0 Å². The van der Waals surface area contributed by atoms with Crippen LogP contribution in [0, 0.1) is 17.8 Å². The van der Waals surface area contributed by atoms with Crippen LogP contribution in [0.25, 0.3) is 0 Å². The Morgan fingerprint density at radius 1 is 1.12 bits per heavy atom. The number of benzene rings is 1. The number of hydrogen-bond acceptors (Lipinski definition) is 2. The van der Waals surface area contributed by atoms with E-state index in [0.717, 1.165) is 51.1 Å². The lowest BCUT2D eigenvalue weighted by Crippen LogP contribution is -2.39. The largest absolute Gasteiger partial charge is 0.356 e. The summed E-state index contributed by atoms with van der Waals surface area (Å²) in [4.78, 5) is 26.6. The van der Waals surface area contributed by atoms with Crippen LogP contribution in [-0.2, 0) is 16.0 Å². The zero-order valence-electron chi connectivity index (χ0n) is 14.5. The second-order valence-corrected chi connectivity index (χ2v) is 7.34. The van der Waals surface area contributed by atoms with Crippen molar-refractivity contribution in [1.82, 2.24) is 10.2 Å². The molecular weight excluding hydrogens is 300 g/mol. The first kappa shape index (κ1) is 17.0. The van der Waals surface area contributed by atoms with Gasteiger partial charge in [0, 0.05) is 19.6 Å². The molecule has 1 aromatic rings. The molecule has 2 atom stereocenters. The summed E-state index contributed by atoms with van der Waals surface area (Å²) in [6.45, 7) is 4.65. The van der Waals surface area contributed by atoms with E-state index in [-0.39, 0.29) is 23.7 Å². The number of piperidine rings is 1. The summed E-state index contributed by atoms with van der Waals surface area (Å²) in [5.74, 6) is 0.830. The van der Waals surface area contributed by atoms with Crippen molar-refractivity contribution in [2.75, 3.05) is 19.6 Å². The predicted molar refractivity (Wildman–Crippen MR) is 94.3 cm³/mol. The minimum absolute atomic E-state index is 0.0618. The third-order valence-corrected chi connectivity index (χ3v) is 5.32. The molecule has 2 fully saturated rings. The van der Waals surface area contributed by atoms with Gasteiger partial charge in [0.2, 0.25) is 11.8 Å². The van der Waals surface area contributed by atoms with Gasteiger partial charge in [-0.3, -0.25) is 9.59 Å². The summed E-state index contributed by atoms with van der Waals surface area (Å²) in [7, 11) is 0. The van der Waals surface area contributed by atoms with Crippen LogP contribution >= 0.6 is 0 Å². The van der Waals surface area contributed by atoms with Crippen molar-refractivity contribution in [3.63, 3.8) is 0 Å². The van der Waals surface area contributed by atoms with Crippen molar-refractivity contribution in [2.24, 2.45) is 17.8 Å². The van der Waals surface area contributed by atoms with Gasteiger partial charge in [-0.05, 0) is 43.6 Å². The van der Waals surface area contributed by atoms with E-state index < -0.39 is 0 Å². The van der Waals surface area contributed by atoms with Crippen molar-refractivity contribution in [3.8, 4) is 0 Å². The molecular formula is C20H28N2O2. The standard InChI is InChI=1S/C20H28N2O2/c1-15-9-12-22(13-10-15)20(24)18-14-17(18)19(23)21-11-5-8-16-6-3-2-4-7-16/h2-4,6-7,15,17-18H,5,8-14H2,1H3,(H,21,23). The van der Waals surface area contributed by atoms with E-state index in [0.29, 0.717) is 6.54 Å². The first-order valence-electron chi connectivity index (χ1n) is 9.25. The number of carbonyl (C=O) groups excluding carboxylic acids is 2. The molecule has 1 aromatic carbocycles. The molecule has 1 aliphatic heterocycles. The molecule has 0 spiro atoms. The number of amides is 2. The number of nitrogens with zero attached hydrogens (tertiary/aromatic N) is 1. The Morgan fingerprint density at radius 3 is 2.54 bits per heavy atom. The monoisotopic (exact) mass is 328 g/mol. The third kappa shape index (κ3) is 4.37. The van der Waals surface area contributed by atoms with Crippen LogP contribution in [0.2, 0.25) is 0 Å². The molecule has 3 rings (SSSR count). The first-order chi connectivity index (χ1) is 11.6. The number of nitrogens with one attached hydrogen (secondary N) is 1. The van der Waals surface area contributed by atoms with Crippen LogP contribution < -0.4 is 5.32 Å². The number of rotatable bonds is 6. The molecule has 2 aliphatic rings. The zero-order valence-corrected chi connectivity index (χ0v) is 14.5. The zero-order chi connectivity index (χ0) is 16.9. The molecule has 1 aliphatic carbocycles. The van der Waals surface area contributed by atoms with E-state index in [1.54, 1.807) is 0 Å². The SMILES string of the molecule is CC1CCN(C(=O)C2CC2C(=O)NCCCc2ccccc2)CC1. The summed E-state index contributed by atoms with van der Waals surface area (Å²) >= 11 is 0. The molecule has 1 saturated carbocycles. The molecule has 4 nitrogen and oxygen atoms in total. The minimum atomic E-state index is -0.0893. The van der Waals surface area contributed by atoms with Gasteiger partial charge in [-0.2, -0.15) is 0 Å². The molecule has 0 bridgehead atoms. The van der Waals surface area contributed by atoms with Crippen LogP contribution in [-0.4, -0.2) is 36.3 Å².